The Morgan fingerprint density at radius 2 is 1.94 bits per heavy atom. The van der Waals surface area contributed by atoms with Crippen molar-refractivity contribution in [1.29, 1.82) is 0 Å². The SMILES string of the molecule is COc1ccc(C(=O)[O-])cc1S(=O)[O-].[Na+].[Na+]. The normalized spacial score (nSPS) is 10.6. The van der Waals surface area contributed by atoms with Crippen LogP contribution in [0.25, 0.3) is 0 Å². The Labute approximate surface area is 139 Å². The van der Waals surface area contributed by atoms with E-state index in [0.29, 0.717) is 0 Å². The van der Waals surface area contributed by atoms with Crippen LogP contribution in [0.5, 0.6) is 5.75 Å². The second-order valence-corrected chi connectivity index (χ2v) is 3.30. The van der Waals surface area contributed by atoms with Crippen molar-refractivity contribution >= 4 is 17.0 Å². The quantitative estimate of drug-likeness (QED) is 0.398. The van der Waals surface area contributed by atoms with E-state index in [1.807, 2.05) is 0 Å². The molecule has 1 atom stereocenters. The molecule has 0 radical (unpaired) electrons. The number of carbonyl (C=O) groups is 1. The number of methoxy groups -OCH3 is 1. The first-order valence-electron chi connectivity index (χ1n) is 3.55. The van der Waals surface area contributed by atoms with Crippen LogP contribution in [0.1, 0.15) is 10.4 Å². The standard InChI is InChI=1S/C8H8O5S.2Na/c1-13-6-3-2-5(8(9)10)4-7(6)14(11)12;;/h2-4H,1H3,(H,9,10)(H,11,12);;/q;2*+1/p-2. The van der Waals surface area contributed by atoms with Gasteiger partial charge in [0.25, 0.3) is 0 Å². The predicted octanol–water partition coefficient (Wildman–Crippen LogP) is -6.70. The van der Waals surface area contributed by atoms with E-state index >= 15 is 0 Å². The molecule has 1 rings (SSSR count). The van der Waals surface area contributed by atoms with Gasteiger partial charge >= 0.3 is 59.1 Å². The van der Waals surface area contributed by atoms with Crippen molar-refractivity contribution in [2.45, 2.75) is 4.90 Å². The maximum absolute atomic E-state index is 10.7. The molecule has 0 aromatic heterocycles. The maximum Gasteiger partial charge on any atom is 1.00 e. The monoisotopic (exact) mass is 260 g/mol. The number of carboxylic acids is 1. The molecule has 0 heterocycles. The van der Waals surface area contributed by atoms with Gasteiger partial charge in [-0.25, -0.2) is 0 Å². The fourth-order valence-corrected chi connectivity index (χ4v) is 1.47. The third-order valence-corrected chi connectivity index (χ3v) is 2.26. The first-order chi connectivity index (χ1) is 6.56. The van der Waals surface area contributed by atoms with Gasteiger partial charge in [-0.15, -0.1) is 0 Å². The number of benzene rings is 1. The largest absolute Gasteiger partial charge is 1.00 e. The van der Waals surface area contributed by atoms with Gasteiger partial charge in [-0.2, -0.15) is 0 Å². The van der Waals surface area contributed by atoms with E-state index in [2.05, 4.69) is 0 Å². The van der Waals surface area contributed by atoms with Crippen molar-refractivity contribution in [3.8, 4) is 5.75 Å². The van der Waals surface area contributed by atoms with Gasteiger partial charge < -0.3 is 19.2 Å². The fourth-order valence-electron chi connectivity index (χ4n) is 0.934. The molecule has 0 aliphatic carbocycles. The summed E-state index contributed by atoms with van der Waals surface area (Å²) in [4.78, 5) is 10.2. The van der Waals surface area contributed by atoms with Crippen molar-refractivity contribution in [2.75, 3.05) is 7.11 Å². The number of aromatic carboxylic acids is 1. The molecule has 0 bridgehead atoms. The molecule has 0 aliphatic heterocycles. The predicted molar refractivity (Wildman–Crippen MR) is 44.5 cm³/mol. The summed E-state index contributed by atoms with van der Waals surface area (Å²) in [5.41, 5.74) is -0.204. The van der Waals surface area contributed by atoms with Crippen LogP contribution in [-0.4, -0.2) is 21.8 Å². The van der Waals surface area contributed by atoms with Crippen LogP contribution in [0, 0.1) is 0 Å². The van der Waals surface area contributed by atoms with Gasteiger partial charge in [0.2, 0.25) is 0 Å². The summed E-state index contributed by atoms with van der Waals surface area (Å²) in [5, 5.41) is 10.4. The van der Waals surface area contributed by atoms with Crippen LogP contribution in [0.4, 0.5) is 0 Å². The molecule has 0 amide bonds. The van der Waals surface area contributed by atoms with Crippen molar-refractivity contribution in [3.63, 3.8) is 0 Å². The molecule has 0 saturated carbocycles. The van der Waals surface area contributed by atoms with Crippen LogP contribution in [0.2, 0.25) is 0 Å². The van der Waals surface area contributed by atoms with Gasteiger partial charge in [0.15, 0.2) is 0 Å². The molecule has 0 saturated heterocycles. The molecule has 1 unspecified atom stereocenters. The summed E-state index contributed by atoms with van der Waals surface area (Å²) in [6, 6.07) is 3.46. The van der Waals surface area contributed by atoms with E-state index in [4.69, 9.17) is 4.74 Å². The fraction of sp³-hybridized carbons (Fsp3) is 0.125. The Bertz CT molecular complexity index is 396. The zero-order chi connectivity index (χ0) is 10.7. The minimum atomic E-state index is -2.53. The number of carboxylic acid groups (broad SMARTS) is 1. The van der Waals surface area contributed by atoms with E-state index in [1.54, 1.807) is 0 Å². The molecule has 0 spiro atoms. The molecule has 0 fully saturated rings. The molecular formula is C8H6Na2O5S. The average Bonchev–Trinajstić information content (AvgIpc) is 2.16. The molecule has 0 aliphatic rings. The van der Waals surface area contributed by atoms with Gasteiger partial charge in [-0.1, -0.05) is 0 Å². The Hall–Kier alpha value is 0.600. The minimum Gasteiger partial charge on any atom is -0.768 e. The van der Waals surface area contributed by atoms with Gasteiger partial charge in [-0.05, 0) is 34.8 Å². The zero-order valence-corrected chi connectivity index (χ0v) is 14.0. The molecule has 5 nitrogen and oxygen atoms in total. The Kier molecular flexibility index (Phi) is 10.3. The van der Waals surface area contributed by atoms with Gasteiger partial charge in [0.1, 0.15) is 5.75 Å². The Morgan fingerprint density at radius 1 is 1.38 bits per heavy atom. The molecular weight excluding hydrogens is 254 g/mol. The van der Waals surface area contributed by atoms with Crippen LogP contribution >= 0.6 is 0 Å². The summed E-state index contributed by atoms with van der Waals surface area (Å²) in [6.07, 6.45) is 0. The van der Waals surface area contributed by atoms with Crippen LogP contribution in [0.3, 0.4) is 0 Å². The molecule has 16 heavy (non-hydrogen) atoms. The summed E-state index contributed by atoms with van der Waals surface area (Å²) < 4.78 is 26.1. The topological polar surface area (TPSA) is 89.5 Å². The van der Waals surface area contributed by atoms with Gasteiger partial charge in [0.05, 0.1) is 18.0 Å². The third kappa shape index (κ3) is 4.85. The van der Waals surface area contributed by atoms with Crippen molar-refractivity contribution in [2.24, 2.45) is 0 Å². The Balaban J connectivity index is 0. The van der Waals surface area contributed by atoms with Crippen molar-refractivity contribution < 1.29 is 82.5 Å². The van der Waals surface area contributed by atoms with Gasteiger partial charge in [0, 0.05) is 0 Å². The first kappa shape index (κ1) is 19.0. The molecule has 1 aromatic rings. The van der Waals surface area contributed by atoms with E-state index in [1.165, 1.54) is 19.2 Å². The van der Waals surface area contributed by atoms with Crippen molar-refractivity contribution in [3.05, 3.63) is 23.8 Å². The van der Waals surface area contributed by atoms with Crippen LogP contribution < -0.4 is 69.0 Å². The van der Waals surface area contributed by atoms with E-state index in [9.17, 15) is 18.7 Å². The average molecular weight is 260 g/mol. The maximum atomic E-state index is 10.7. The number of carbonyl (C=O) groups excluding carboxylic acids is 1. The van der Waals surface area contributed by atoms with Crippen LogP contribution in [-0.2, 0) is 11.1 Å². The van der Waals surface area contributed by atoms with E-state index in [-0.39, 0.29) is 75.3 Å². The smallest absolute Gasteiger partial charge is 0.768 e. The molecule has 1 aromatic carbocycles. The summed E-state index contributed by atoms with van der Waals surface area (Å²) in [5.74, 6) is -1.33. The zero-order valence-electron chi connectivity index (χ0n) is 9.18. The van der Waals surface area contributed by atoms with Gasteiger partial charge in [-0.3, -0.25) is 4.21 Å². The minimum absolute atomic E-state index is 0. The summed E-state index contributed by atoms with van der Waals surface area (Å²) in [6.45, 7) is 0. The summed E-state index contributed by atoms with van der Waals surface area (Å²) in [7, 11) is 1.30. The van der Waals surface area contributed by atoms with Crippen LogP contribution in [0.15, 0.2) is 23.1 Å². The van der Waals surface area contributed by atoms with Crippen molar-refractivity contribution in [1.82, 2.24) is 0 Å². The second kappa shape index (κ2) is 8.66. The third-order valence-electron chi connectivity index (χ3n) is 1.58. The number of hydrogen-bond donors (Lipinski definition) is 0. The number of hydrogen-bond acceptors (Lipinski definition) is 5. The first-order valence-corrected chi connectivity index (χ1v) is 4.62. The second-order valence-electron chi connectivity index (χ2n) is 2.39. The molecule has 76 valence electrons. The number of rotatable bonds is 3. The van der Waals surface area contributed by atoms with E-state index in [0.717, 1.165) is 6.07 Å². The number of ether oxygens (including phenoxy) is 1. The van der Waals surface area contributed by atoms with E-state index < -0.39 is 17.0 Å². The summed E-state index contributed by atoms with van der Waals surface area (Å²) >= 11 is -2.53. The Morgan fingerprint density at radius 3 is 2.31 bits per heavy atom. The molecule has 8 heteroatoms. The molecule has 0 N–H and O–H groups in total.